The van der Waals surface area contributed by atoms with Crippen molar-refractivity contribution in [1.82, 2.24) is 0 Å². The van der Waals surface area contributed by atoms with E-state index < -0.39 is 0 Å². The summed E-state index contributed by atoms with van der Waals surface area (Å²) in [6.07, 6.45) is 10.2. The van der Waals surface area contributed by atoms with Gasteiger partial charge >= 0.3 is 0 Å². The molecule has 0 saturated heterocycles. The second-order valence-corrected chi connectivity index (χ2v) is 5.59. The first-order chi connectivity index (χ1) is 6.98. The summed E-state index contributed by atoms with van der Waals surface area (Å²) in [4.78, 5) is 12.2. The standard InChI is InChI=1S/C14H20O/c1-11-6-9-14(10-7-11)12(15)5-4-8-13(14,2)3/h4,6,8H,5,7,9-10H2,1-3H3/t14-/m1/s1. The zero-order chi connectivity index (χ0) is 11.1. The van der Waals surface area contributed by atoms with Crippen LogP contribution in [0, 0.1) is 10.8 Å². The number of allylic oxidation sites excluding steroid dienone is 4. The highest BCUT2D eigenvalue weighted by molar-refractivity contribution is 5.88. The minimum absolute atomic E-state index is 0.0273. The lowest BCUT2D eigenvalue weighted by Crippen LogP contribution is -2.46. The lowest BCUT2D eigenvalue weighted by Gasteiger charge is -2.47. The van der Waals surface area contributed by atoms with Gasteiger partial charge in [-0.2, -0.15) is 0 Å². The first kappa shape index (κ1) is 10.7. The number of carbonyl (C=O) groups is 1. The molecule has 0 fully saturated rings. The fourth-order valence-corrected chi connectivity index (χ4v) is 2.98. The van der Waals surface area contributed by atoms with Crippen molar-refractivity contribution in [2.75, 3.05) is 0 Å². The smallest absolute Gasteiger partial charge is 0.143 e. The number of rotatable bonds is 0. The van der Waals surface area contributed by atoms with Crippen LogP contribution in [-0.2, 0) is 4.79 Å². The van der Waals surface area contributed by atoms with Crippen molar-refractivity contribution in [2.45, 2.75) is 46.5 Å². The molecular weight excluding hydrogens is 184 g/mol. The van der Waals surface area contributed by atoms with E-state index in [4.69, 9.17) is 0 Å². The Bertz CT molecular complexity index is 346. The van der Waals surface area contributed by atoms with Crippen LogP contribution in [0.1, 0.15) is 46.5 Å². The Morgan fingerprint density at radius 2 is 2.07 bits per heavy atom. The van der Waals surface area contributed by atoms with Gasteiger partial charge in [0.15, 0.2) is 0 Å². The van der Waals surface area contributed by atoms with E-state index in [1.165, 1.54) is 5.57 Å². The molecule has 2 rings (SSSR count). The fraction of sp³-hybridized carbons (Fsp3) is 0.643. The molecule has 82 valence electrons. The zero-order valence-electron chi connectivity index (χ0n) is 9.97. The molecular formula is C14H20O. The van der Waals surface area contributed by atoms with Crippen molar-refractivity contribution in [3.8, 4) is 0 Å². The molecule has 1 heteroatoms. The van der Waals surface area contributed by atoms with E-state index in [-0.39, 0.29) is 10.8 Å². The van der Waals surface area contributed by atoms with Crippen LogP contribution in [-0.4, -0.2) is 5.78 Å². The number of Topliss-reactive ketones (excluding diaryl/α,β-unsaturated/α-hetero) is 1. The highest BCUT2D eigenvalue weighted by Gasteiger charge is 2.49. The predicted molar refractivity (Wildman–Crippen MR) is 62.6 cm³/mol. The normalized spacial score (nSPS) is 34.3. The Balaban J connectivity index is 2.41. The molecule has 0 amide bonds. The molecule has 1 atom stereocenters. The lowest BCUT2D eigenvalue weighted by molar-refractivity contribution is -0.134. The van der Waals surface area contributed by atoms with Gasteiger partial charge in [0.25, 0.3) is 0 Å². The largest absolute Gasteiger partial charge is 0.299 e. The molecule has 0 radical (unpaired) electrons. The molecule has 0 aromatic carbocycles. The zero-order valence-corrected chi connectivity index (χ0v) is 9.97. The number of ketones is 1. The van der Waals surface area contributed by atoms with Crippen LogP contribution >= 0.6 is 0 Å². The Morgan fingerprint density at radius 3 is 2.60 bits per heavy atom. The molecule has 0 saturated carbocycles. The summed E-state index contributed by atoms with van der Waals surface area (Å²) in [7, 11) is 0. The first-order valence-corrected chi connectivity index (χ1v) is 5.85. The van der Waals surface area contributed by atoms with Crippen molar-refractivity contribution >= 4 is 5.78 Å². The molecule has 0 N–H and O–H groups in total. The van der Waals surface area contributed by atoms with Crippen LogP contribution < -0.4 is 0 Å². The minimum atomic E-state index is -0.110. The van der Waals surface area contributed by atoms with Gasteiger partial charge in [0.1, 0.15) is 5.78 Å². The molecule has 0 aromatic heterocycles. The van der Waals surface area contributed by atoms with E-state index in [9.17, 15) is 4.79 Å². The van der Waals surface area contributed by atoms with Gasteiger partial charge in [-0.1, -0.05) is 37.6 Å². The van der Waals surface area contributed by atoms with Gasteiger partial charge in [-0.05, 0) is 31.6 Å². The van der Waals surface area contributed by atoms with E-state index >= 15 is 0 Å². The van der Waals surface area contributed by atoms with Crippen LogP contribution in [0.4, 0.5) is 0 Å². The Morgan fingerprint density at radius 1 is 1.33 bits per heavy atom. The van der Waals surface area contributed by atoms with Crippen LogP contribution in [0.15, 0.2) is 23.8 Å². The molecule has 0 aliphatic heterocycles. The molecule has 0 aromatic rings. The van der Waals surface area contributed by atoms with Gasteiger partial charge in [-0.15, -0.1) is 0 Å². The number of hydrogen-bond donors (Lipinski definition) is 0. The fourth-order valence-electron chi connectivity index (χ4n) is 2.98. The maximum atomic E-state index is 12.2. The third-order valence-electron chi connectivity index (χ3n) is 4.35. The van der Waals surface area contributed by atoms with Gasteiger partial charge < -0.3 is 0 Å². The SMILES string of the molecule is CC1=CC[C@@]2(CC1)C(=O)CC=CC2(C)C. The second kappa shape index (κ2) is 3.33. The van der Waals surface area contributed by atoms with Gasteiger partial charge in [-0.3, -0.25) is 4.79 Å². The molecule has 15 heavy (non-hydrogen) atoms. The quantitative estimate of drug-likeness (QED) is 0.550. The average Bonchev–Trinajstić information content (AvgIpc) is 2.16. The van der Waals surface area contributed by atoms with Gasteiger partial charge in [-0.25, -0.2) is 0 Å². The van der Waals surface area contributed by atoms with E-state index in [1.807, 2.05) is 6.08 Å². The van der Waals surface area contributed by atoms with Crippen LogP contribution in [0.3, 0.4) is 0 Å². The molecule has 2 aliphatic rings. The topological polar surface area (TPSA) is 17.1 Å². The minimum Gasteiger partial charge on any atom is -0.299 e. The molecule has 1 nitrogen and oxygen atoms in total. The third-order valence-corrected chi connectivity index (χ3v) is 4.35. The molecule has 2 aliphatic carbocycles. The van der Waals surface area contributed by atoms with Crippen LogP contribution in [0.5, 0.6) is 0 Å². The van der Waals surface area contributed by atoms with Crippen molar-refractivity contribution < 1.29 is 4.79 Å². The number of carbonyl (C=O) groups excluding carboxylic acids is 1. The van der Waals surface area contributed by atoms with Gasteiger partial charge in [0.05, 0.1) is 0 Å². The summed E-state index contributed by atoms with van der Waals surface area (Å²) >= 11 is 0. The highest BCUT2D eigenvalue weighted by atomic mass is 16.1. The van der Waals surface area contributed by atoms with Crippen LogP contribution in [0.2, 0.25) is 0 Å². The summed E-state index contributed by atoms with van der Waals surface area (Å²) in [5.41, 5.74) is 1.36. The van der Waals surface area contributed by atoms with E-state index in [1.54, 1.807) is 0 Å². The van der Waals surface area contributed by atoms with E-state index in [2.05, 4.69) is 32.9 Å². The second-order valence-electron chi connectivity index (χ2n) is 5.59. The summed E-state index contributed by atoms with van der Waals surface area (Å²) in [6, 6.07) is 0. The maximum absolute atomic E-state index is 12.2. The summed E-state index contributed by atoms with van der Waals surface area (Å²) in [5, 5.41) is 0. The maximum Gasteiger partial charge on any atom is 0.143 e. The van der Waals surface area contributed by atoms with Gasteiger partial charge in [0.2, 0.25) is 0 Å². The van der Waals surface area contributed by atoms with Crippen molar-refractivity contribution in [2.24, 2.45) is 10.8 Å². The summed E-state index contributed by atoms with van der Waals surface area (Å²) < 4.78 is 0. The molecule has 1 spiro atoms. The van der Waals surface area contributed by atoms with Gasteiger partial charge in [0, 0.05) is 11.8 Å². The Kier molecular flexibility index (Phi) is 2.37. The predicted octanol–water partition coefficient (Wildman–Crippen LogP) is 3.66. The highest BCUT2D eigenvalue weighted by Crippen LogP contribution is 2.53. The molecule has 0 unspecified atom stereocenters. The monoisotopic (exact) mass is 204 g/mol. The average molecular weight is 204 g/mol. The summed E-state index contributed by atoms with van der Waals surface area (Å²) in [6.45, 7) is 6.58. The molecule has 0 bridgehead atoms. The van der Waals surface area contributed by atoms with Crippen molar-refractivity contribution in [3.05, 3.63) is 23.8 Å². The van der Waals surface area contributed by atoms with Crippen LogP contribution in [0.25, 0.3) is 0 Å². The lowest BCUT2D eigenvalue weighted by atomic mass is 9.55. The van der Waals surface area contributed by atoms with Crippen molar-refractivity contribution in [1.29, 1.82) is 0 Å². The first-order valence-electron chi connectivity index (χ1n) is 5.85. The Hall–Kier alpha value is -0.850. The number of hydrogen-bond acceptors (Lipinski definition) is 1. The summed E-state index contributed by atoms with van der Waals surface area (Å²) in [5.74, 6) is 0.443. The van der Waals surface area contributed by atoms with E-state index in [0.29, 0.717) is 12.2 Å². The van der Waals surface area contributed by atoms with E-state index in [0.717, 1.165) is 19.3 Å². The molecule has 0 heterocycles. The van der Waals surface area contributed by atoms with Crippen molar-refractivity contribution in [3.63, 3.8) is 0 Å². The third kappa shape index (κ3) is 1.49. The Labute approximate surface area is 92.3 Å².